The predicted octanol–water partition coefficient (Wildman–Crippen LogP) is 8.50. The Kier molecular flexibility index (Phi) is 6.89. The number of amides is 1. The van der Waals surface area contributed by atoms with Gasteiger partial charge in [0.2, 0.25) is 0 Å². The van der Waals surface area contributed by atoms with E-state index < -0.39 is 5.97 Å². The van der Waals surface area contributed by atoms with Crippen LogP contribution in [0.4, 0.5) is 0 Å². The molecule has 0 radical (unpaired) electrons. The van der Waals surface area contributed by atoms with Gasteiger partial charge in [-0.25, -0.2) is 4.79 Å². The molecular formula is C35H27NO3S. The fourth-order valence-electron chi connectivity index (χ4n) is 5.19. The number of nitrogens with one attached hydrogen (secondary N) is 1. The number of fused-ring (bicyclic) bond motifs is 2. The first-order valence-electron chi connectivity index (χ1n) is 13.2. The van der Waals surface area contributed by atoms with E-state index in [-0.39, 0.29) is 17.4 Å². The number of carbonyl (C=O) groups is 2. The van der Waals surface area contributed by atoms with Gasteiger partial charge in [-0.05, 0) is 68.2 Å². The quantitative estimate of drug-likeness (QED) is 0.213. The van der Waals surface area contributed by atoms with E-state index >= 15 is 0 Å². The summed E-state index contributed by atoms with van der Waals surface area (Å²) in [4.78, 5) is 25.0. The first-order valence-corrected chi connectivity index (χ1v) is 14.1. The van der Waals surface area contributed by atoms with Gasteiger partial charge in [0.25, 0.3) is 5.91 Å². The molecular weight excluding hydrogens is 514 g/mol. The van der Waals surface area contributed by atoms with Crippen molar-refractivity contribution in [1.29, 1.82) is 0 Å². The lowest BCUT2D eigenvalue weighted by Crippen LogP contribution is -2.23. The summed E-state index contributed by atoms with van der Waals surface area (Å²) in [5.74, 6) is -1.03. The highest BCUT2D eigenvalue weighted by Gasteiger charge is 2.21. The fraction of sp³-hybridized carbons (Fsp3) is 0.0857. The van der Waals surface area contributed by atoms with Gasteiger partial charge in [-0.2, -0.15) is 0 Å². The van der Waals surface area contributed by atoms with Crippen molar-refractivity contribution in [3.05, 3.63) is 142 Å². The zero-order chi connectivity index (χ0) is 27.6. The molecule has 1 heterocycles. The molecule has 0 saturated heterocycles. The van der Waals surface area contributed by atoms with Gasteiger partial charge >= 0.3 is 5.97 Å². The van der Waals surface area contributed by atoms with Crippen molar-refractivity contribution < 1.29 is 14.7 Å². The Hall–Kier alpha value is -4.74. The molecule has 40 heavy (non-hydrogen) atoms. The smallest absolute Gasteiger partial charge is 0.335 e. The third-order valence-electron chi connectivity index (χ3n) is 7.45. The highest BCUT2D eigenvalue weighted by atomic mass is 32.1. The second-order valence-corrected chi connectivity index (χ2v) is 10.9. The second kappa shape index (κ2) is 10.8. The normalized spacial score (nSPS) is 11.9. The van der Waals surface area contributed by atoms with E-state index in [1.807, 2.05) is 30.3 Å². The number of carbonyl (C=O) groups excluding carboxylic acids is 1. The van der Waals surface area contributed by atoms with Crippen molar-refractivity contribution in [3.63, 3.8) is 0 Å². The Balaban J connectivity index is 1.40. The van der Waals surface area contributed by atoms with E-state index in [2.05, 4.69) is 72.2 Å². The number of hydrogen-bond acceptors (Lipinski definition) is 3. The summed E-state index contributed by atoms with van der Waals surface area (Å²) >= 11 is 1.66. The molecule has 0 aliphatic rings. The van der Waals surface area contributed by atoms with Crippen LogP contribution in [-0.4, -0.2) is 17.0 Å². The zero-order valence-corrected chi connectivity index (χ0v) is 22.7. The third-order valence-corrected chi connectivity index (χ3v) is 8.40. The van der Waals surface area contributed by atoms with E-state index in [4.69, 9.17) is 0 Å². The summed E-state index contributed by atoms with van der Waals surface area (Å²) in [6.07, 6.45) is 0. The molecule has 1 aromatic heterocycles. The Labute approximate surface area is 236 Å². The molecule has 2 N–H and O–H groups in total. The molecule has 0 unspecified atom stereocenters. The molecule has 5 heteroatoms. The lowest BCUT2D eigenvalue weighted by atomic mass is 9.89. The highest BCUT2D eigenvalue weighted by Crippen LogP contribution is 2.40. The van der Waals surface area contributed by atoms with Crippen molar-refractivity contribution in [2.45, 2.75) is 19.4 Å². The minimum Gasteiger partial charge on any atom is -0.478 e. The van der Waals surface area contributed by atoms with Gasteiger partial charge in [-0.15, -0.1) is 11.3 Å². The standard InChI is InChI=1S/C35H27NO3S/c1-22(27-16-15-25-9-5-6-10-28(25)17-27)31-21-40-32-19-29(24-7-3-2-4-8-24)18-30(33(31)32)34(37)36-20-23-11-13-26(14-12-23)35(38)39/h2-19,21-22H,20H2,1H3,(H,36,37)(H,38,39)/t22-/m1/s1. The number of benzene rings is 5. The minimum absolute atomic E-state index is 0.0936. The molecule has 0 bridgehead atoms. The molecule has 6 aromatic rings. The molecule has 4 nitrogen and oxygen atoms in total. The van der Waals surface area contributed by atoms with Crippen LogP contribution in [0.15, 0.2) is 115 Å². The Bertz CT molecular complexity index is 1860. The van der Waals surface area contributed by atoms with Crippen molar-refractivity contribution >= 4 is 44.1 Å². The number of thiophene rings is 1. The molecule has 1 atom stereocenters. The molecule has 0 aliphatic carbocycles. The Morgan fingerprint density at radius 2 is 1.52 bits per heavy atom. The molecule has 6 rings (SSSR count). The van der Waals surface area contributed by atoms with Crippen LogP contribution >= 0.6 is 11.3 Å². The molecule has 196 valence electrons. The lowest BCUT2D eigenvalue weighted by Gasteiger charge is -2.16. The predicted molar refractivity (Wildman–Crippen MR) is 163 cm³/mol. The minimum atomic E-state index is -0.971. The van der Waals surface area contributed by atoms with Gasteiger partial charge in [0.15, 0.2) is 0 Å². The van der Waals surface area contributed by atoms with E-state index in [1.165, 1.54) is 16.3 Å². The summed E-state index contributed by atoms with van der Waals surface area (Å²) in [7, 11) is 0. The van der Waals surface area contributed by atoms with E-state index in [9.17, 15) is 14.7 Å². The maximum absolute atomic E-state index is 13.8. The zero-order valence-electron chi connectivity index (χ0n) is 21.9. The fourth-order valence-corrected chi connectivity index (χ4v) is 6.30. The molecule has 0 spiro atoms. The van der Waals surface area contributed by atoms with Gasteiger partial charge < -0.3 is 10.4 Å². The van der Waals surface area contributed by atoms with Crippen molar-refractivity contribution in [2.24, 2.45) is 0 Å². The van der Waals surface area contributed by atoms with Crippen LogP contribution in [0, 0.1) is 0 Å². The number of hydrogen-bond donors (Lipinski definition) is 2. The number of aromatic carboxylic acids is 1. The van der Waals surface area contributed by atoms with Gasteiger partial charge in [0.1, 0.15) is 0 Å². The van der Waals surface area contributed by atoms with Crippen LogP contribution in [-0.2, 0) is 6.54 Å². The average Bonchev–Trinajstić information content (AvgIpc) is 3.43. The summed E-state index contributed by atoms with van der Waals surface area (Å²) in [5.41, 5.74) is 6.08. The molecule has 1 amide bonds. The lowest BCUT2D eigenvalue weighted by molar-refractivity contribution is 0.0696. The summed E-state index contributed by atoms with van der Waals surface area (Å²) in [6, 6.07) is 35.8. The number of rotatable bonds is 7. The maximum Gasteiger partial charge on any atom is 0.335 e. The first-order chi connectivity index (χ1) is 19.5. The van der Waals surface area contributed by atoms with Crippen LogP contribution < -0.4 is 5.32 Å². The topological polar surface area (TPSA) is 66.4 Å². The molecule has 0 saturated carbocycles. The largest absolute Gasteiger partial charge is 0.478 e. The third kappa shape index (κ3) is 4.99. The van der Waals surface area contributed by atoms with Crippen molar-refractivity contribution in [1.82, 2.24) is 5.32 Å². The Morgan fingerprint density at radius 3 is 2.27 bits per heavy atom. The maximum atomic E-state index is 13.8. The summed E-state index contributed by atoms with van der Waals surface area (Å²) in [6.45, 7) is 2.50. The van der Waals surface area contributed by atoms with Crippen molar-refractivity contribution in [3.8, 4) is 11.1 Å². The highest BCUT2D eigenvalue weighted by molar-refractivity contribution is 7.17. The second-order valence-electron chi connectivity index (χ2n) is 9.97. The monoisotopic (exact) mass is 541 g/mol. The number of carboxylic acid groups (broad SMARTS) is 1. The summed E-state index contributed by atoms with van der Waals surface area (Å²) in [5, 5.41) is 17.8. The summed E-state index contributed by atoms with van der Waals surface area (Å²) < 4.78 is 1.07. The van der Waals surface area contributed by atoms with Crippen LogP contribution in [0.3, 0.4) is 0 Å². The van der Waals surface area contributed by atoms with E-state index in [0.717, 1.165) is 32.3 Å². The van der Waals surface area contributed by atoms with Gasteiger partial charge in [-0.1, -0.05) is 91.9 Å². The molecule has 0 fully saturated rings. The van der Waals surface area contributed by atoms with Gasteiger partial charge in [0.05, 0.1) is 5.56 Å². The molecule has 0 aliphatic heterocycles. The van der Waals surface area contributed by atoms with Crippen molar-refractivity contribution in [2.75, 3.05) is 0 Å². The average molecular weight is 542 g/mol. The van der Waals surface area contributed by atoms with E-state index in [1.54, 1.807) is 35.6 Å². The Morgan fingerprint density at radius 1 is 0.800 bits per heavy atom. The van der Waals surface area contributed by atoms with Gasteiger partial charge in [0, 0.05) is 28.1 Å². The van der Waals surface area contributed by atoms with Gasteiger partial charge in [-0.3, -0.25) is 4.79 Å². The van der Waals surface area contributed by atoms with Crippen LogP contribution in [0.5, 0.6) is 0 Å². The van der Waals surface area contributed by atoms with Crippen LogP contribution in [0.1, 0.15) is 50.2 Å². The van der Waals surface area contributed by atoms with E-state index in [0.29, 0.717) is 12.1 Å². The first kappa shape index (κ1) is 25.5. The SMILES string of the molecule is C[C@H](c1ccc2ccccc2c1)c1csc2cc(-c3ccccc3)cc(C(=O)NCc3ccc(C(=O)O)cc3)c12. The number of carboxylic acids is 1. The van der Waals surface area contributed by atoms with Crippen LogP contribution in [0.2, 0.25) is 0 Å². The molecule has 5 aromatic carbocycles. The van der Waals surface area contributed by atoms with Crippen LogP contribution in [0.25, 0.3) is 32.0 Å².